The molecule has 31 heavy (non-hydrogen) atoms. The SMILES string of the molecule is O=S(=O)(Cc1ccccc1)N1CCN(c2ccc(Cl)cc2Cl)C(c2ccc(Cl)cc2)C1. The molecule has 0 aromatic heterocycles. The Labute approximate surface area is 198 Å². The molecule has 0 saturated carbocycles. The van der Waals surface area contributed by atoms with Gasteiger partial charge < -0.3 is 4.90 Å². The molecular weight excluding hydrogens is 475 g/mol. The molecule has 0 amide bonds. The molecule has 8 heteroatoms. The molecular formula is C23H21Cl3N2O2S. The summed E-state index contributed by atoms with van der Waals surface area (Å²) in [6, 6.07) is 21.9. The van der Waals surface area contributed by atoms with Crippen LogP contribution in [0.3, 0.4) is 0 Å². The predicted octanol–water partition coefficient (Wildman–Crippen LogP) is 6.04. The highest BCUT2D eigenvalue weighted by Gasteiger charge is 2.35. The van der Waals surface area contributed by atoms with Gasteiger partial charge in [-0.25, -0.2) is 8.42 Å². The third kappa shape index (κ3) is 5.18. The van der Waals surface area contributed by atoms with Gasteiger partial charge in [-0.2, -0.15) is 4.31 Å². The summed E-state index contributed by atoms with van der Waals surface area (Å²) in [5.41, 5.74) is 2.56. The first-order valence-electron chi connectivity index (χ1n) is 9.82. The summed E-state index contributed by atoms with van der Waals surface area (Å²) in [4.78, 5) is 2.14. The van der Waals surface area contributed by atoms with Crippen LogP contribution < -0.4 is 4.90 Å². The van der Waals surface area contributed by atoms with Crippen LogP contribution in [0.15, 0.2) is 72.8 Å². The smallest absolute Gasteiger partial charge is 0.218 e. The Balaban J connectivity index is 1.66. The van der Waals surface area contributed by atoms with E-state index in [0.29, 0.717) is 34.7 Å². The van der Waals surface area contributed by atoms with E-state index in [0.717, 1.165) is 16.8 Å². The molecule has 3 aromatic carbocycles. The number of anilines is 1. The normalized spacial score (nSPS) is 17.6. The van der Waals surface area contributed by atoms with Crippen molar-refractivity contribution in [1.29, 1.82) is 0 Å². The number of piperazine rings is 1. The summed E-state index contributed by atoms with van der Waals surface area (Å²) in [5, 5.41) is 1.72. The summed E-state index contributed by atoms with van der Waals surface area (Å²) in [5.74, 6) is -0.0249. The highest BCUT2D eigenvalue weighted by Crippen LogP contribution is 2.37. The van der Waals surface area contributed by atoms with Gasteiger partial charge in [-0.05, 0) is 41.5 Å². The average Bonchev–Trinajstić information content (AvgIpc) is 2.74. The lowest BCUT2D eigenvalue weighted by Crippen LogP contribution is -2.50. The minimum Gasteiger partial charge on any atom is -0.361 e. The number of sulfonamides is 1. The van der Waals surface area contributed by atoms with Crippen molar-refractivity contribution in [3.8, 4) is 0 Å². The van der Waals surface area contributed by atoms with Crippen LogP contribution in [0.2, 0.25) is 15.1 Å². The van der Waals surface area contributed by atoms with Crippen LogP contribution in [-0.4, -0.2) is 32.4 Å². The molecule has 0 aliphatic carbocycles. The zero-order chi connectivity index (χ0) is 22.0. The van der Waals surface area contributed by atoms with Crippen LogP contribution in [0.1, 0.15) is 17.2 Å². The van der Waals surface area contributed by atoms with Crippen LogP contribution in [0.5, 0.6) is 0 Å². The monoisotopic (exact) mass is 494 g/mol. The van der Waals surface area contributed by atoms with Crippen molar-refractivity contribution in [1.82, 2.24) is 4.31 Å². The van der Waals surface area contributed by atoms with Gasteiger partial charge in [0, 0.05) is 29.7 Å². The van der Waals surface area contributed by atoms with Crippen molar-refractivity contribution in [2.75, 3.05) is 24.5 Å². The maximum atomic E-state index is 13.2. The van der Waals surface area contributed by atoms with Crippen LogP contribution >= 0.6 is 34.8 Å². The molecule has 1 fully saturated rings. The number of benzene rings is 3. The lowest BCUT2D eigenvalue weighted by Gasteiger charge is -2.42. The van der Waals surface area contributed by atoms with Gasteiger partial charge in [0.05, 0.1) is 22.5 Å². The fraction of sp³-hybridized carbons (Fsp3) is 0.217. The van der Waals surface area contributed by atoms with E-state index in [4.69, 9.17) is 34.8 Å². The molecule has 3 aromatic rings. The second-order valence-corrected chi connectivity index (χ2v) is 10.7. The van der Waals surface area contributed by atoms with Gasteiger partial charge in [-0.1, -0.05) is 77.3 Å². The van der Waals surface area contributed by atoms with Crippen LogP contribution in [-0.2, 0) is 15.8 Å². The second-order valence-electron chi connectivity index (χ2n) is 7.46. The van der Waals surface area contributed by atoms with Gasteiger partial charge in [0.25, 0.3) is 0 Å². The average molecular weight is 496 g/mol. The first-order valence-corrected chi connectivity index (χ1v) is 12.6. The Bertz CT molecular complexity index is 1160. The molecule has 1 unspecified atom stereocenters. The molecule has 1 aliphatic heterocycles. The highest BCUT2D eigenvalue weighted by atomic mass is 35.5. The molecule has 1 heterocycles. The fourth-order valence-electron chi connectivity index (χ4n) is 3.86. The van der Waals surface area contributed by atoms with E-state index in [-0.39, 0.29) is 11.8 Å². The van der Waals surface area contributed by atoms with Gasteiger partial charge in [0.15, 0.2) is 0 Å². The Kier molecular flexibility index (Phi) is 6.80. The van der Waals surface area contributed by atoms with Crippen LogP contribution in [0, 0.1) is 0 Å². The predicted molar refractivity (Wildman–Crippen MR) is 129 cm³/mol. The minimum atomic E-state index is -3.48. The maximum absolute atomic E-state index is 13.2. The van der Waals surface area contributed by atoms with E-state index < -0.39 is 10.0 Å². The number of rotatable bonds is 5. The molecule has 1 saturated heterocycles. The van der Waals surface area contributed by atoms with Crippen molar-refractivity contribution in [2.24, 2.45) is 0 Å². The van der Waals surface area contributed by atoms with Gasteiger partial charge in [0.1, 0.15) is 0 Å². The largest absolute Gasteiger partial charge is 0.361 e. The molecule has 4 nitrogen and oxygen atoms in total. The first-order chi connectivity index (χ1) is 14.8. The Morgan fingerprint density at radius 1 is 0.839 bits per heavy atom. The zero-order valence-electron chi connectivity index (χ0n) is 16.6. The van der Waals surface area contributed by atoms with Crippen molar-refractivity contribution >= 4 is 50.5 Å². The molecule has 1 aliphatic rings. The molecule has 1 atom stereocenters. The number of hydrogen-bond donors (Lipinski definition) is 0. The summed E-state index contributed by atoms with van der Waals surface area (Å²) < 4.78 is 27.9. The van der Waals surface area contributed by atoms with Crippen molar-refractivity contribution in [3.63, 3.8) is 0 Å². The van der Waals surface area contributed by atoms with E-state index in [1.807, 2.05) is 60.7 Å². The third-order valence-corrected chi connectivity index (χ3v) is 8.01. The minimum absolute atomic E-state index is 0.0249. The van der Waals surface area contributed by atoms with Gasteiger partial charge in [0.2, 0.25) is 10.0 Å². The molecule has 0 spiro atoms. The van der Waals surface area contributed by atoms with Gasteiger partial charge in [-0.3, -0.25) is 0 Å². The molecule has 0 bridgehead atoms. The van der Waals surface area contributed by atoms with E-state index in [2.05, 4.69) is 4.90 Å². The van der Waals surface area contributed by atoms with E-state index >= 15 is 0 Å². The Morgan fingerprint density at radius 3 is 2.19 bits per heavy atom. The first kappa shape index (κ1) is 22.4. The topological polar surface area (TPSA) is 40.6 Å². The standard InChI is InChI=1S/C23H21Cl3N2O2S/c24-19-8-6-18(7-9-19)23-15-27(31(29,30)16-17-4-2-1-3-5-17)12-13-28(23)22-11-10-20(25)14-21(22)26/h1-11,14,23H,12-13,15-16H2. The van der Waals surface area contributed by atoms with Crippen LogP contribution in [0.25, 0.3) is 0 Å². The molecule has 4 rings (SSSR count). The summed E-state index contributed by atoms with van der Waals surface area (Å²) in [7, 11) is -3.48. The lowest BCUT2D eigenvalue weighted by molar-refractivity contribution is 0.335. The van der Waals surface area contributed by atoms with E-state index in [1.165, 1.54) is 0 Å². The van der Waals surface area contributed by atoms with Crippen molar-refractivity contribution < 1.29 is 8.42 Å². The summed E-state index contributed by atoms with van der Waals surface area (Å²) in [6.45, 7) is 1.19. The number of hydrogen-bond acceptors (Lipinski definition) is 3. The Hall–Kier alpha value is -1.76. The quantitative estimate of drug-likeness (QED) is 0.433. The molecule has 162 valence electrons. The number of nitrogens with zero attached hydrogens (tertiary/aromatic N) is 2. The number of halogens is 3. The summed E-state index contributed by atoms with van der Waals surface area (Å²) in [6.07, 6.45) is 0. The Morgan fingerprint density at radius 2 is 1.52 bits per heavy atom. The van der Waals surface area contributed by atoms with Crippen molar-refractivity contribution in [3.05, 3.63) is 99.0 Å². The van der Waals surface area contributed by atoms with Gasteiger partial charge in [-0.15, -0.1) is 0 Å². The fourth-order valence-corrected chi connectivity index (χ4v) is 6.03. The summed E-state index contributed by atoms with van der Waals surface area (Å²) >= 11 is 18.7. The highest BCUT2D eigenvalue weighted by molar-refractivity contribution is 7.88. The van der Waals surface area contributed by atoms with E-state index in [1.54, 1.807) is 16.4 Å². The van der Waals surface area contributed by atoms with Crippen molar-refractivity contribution in [2.45, 2.75) is 11.8 Å². The maximum Gasteiger partial charge on any atom is 0.218 e. The zero-order valence-corrected chi connectivity index (χ0v) is 19.7. The van der Waals surface area contributed by atoms with E-state index in [9.17, 15) is 8.42 Å². The molecule has 0 radical (unpaired) electrons. The van der Waals surface area contributed by atoms with Gasteiger partial charge >= 0.3 is 0 Å². The second kappa shape index (κ2) is 9.39. The lowest BCUT2D eigenvalue weighted by atomic mass is 10.0. The van der Waals surface area contributed by atoms with Crippen LogP contribution in [0.4, 0.5) is 5.69 Å². The molecule has 0 N–H and O–H groups in total. The third-order valence-electron chi connectivity index (χ3n) is 5.40.